The van der Waals surface area contributed by atoms with Crippen molar-refractivity contribution in [1.82, 2.24) is 10.2 Å². The van der Waals surface area contributed by atoms with Crippen LogP contribution in [0.2, 0.25) is 0 Å². The molecule has 1 amide bonds. The van der Waals surface area contributed by atoms with E-state index in [9.17, 15) is 9.90 Å². The number of aromatic hydroxyl groups is 1. The first kappa shape index (κ1) is 15.8. The van der Waals surface area contributed by atoms with Crippen LogP contribution in [0, 0.1) is 0 Å². The molecule has 5 nitrogen and oxygen atoms in total. The number of rotatable bonds is 4. The summed E-state index contributed by atoms with van der Waals surface area (Å²) < 4.78 is 6.11. The Morgan fingerprint density at radius 3 is 2.76 bits per heavy atom. The van der Waals surface area contributed by atoms with E-state index in [4.69, 9.17) is 17.0 Å². The molecule has 112 valence electrons. The number of hydrogen-bond acceptors (Lipinski definition) is 4. The second-order valence-electron chi connectivity index (χ2n) is 4.31. The van der Waals surface area contributed by atoms with Gasteiger partial charge < -0.3 is 15.2 Å². The number of halogens is 1. The molecule has 1 saturated heterocycles. The lowest BCUT2D eigenvalue weighted by molar-refractivity contribution is -0.122. The fraction of sp³-hybridized carbons (Fsp3) is 0.286. The number of ether oxygens (including phenoxy) is 1. The van der Waals surface area contributed by atoms with Gasteiger partial charge in [0.05, 0.1) is 6.61 Å². The Bertz CT molecular complexity index is 631. The zero-order valence-corrected chi connectivity index (χ0v) is 14.0. The molecule has 0 aromatic heterocycles. The van der Waals surface area contributed by atoms with Crippen LogP contribution in [0.3, 0.4) is 0 Å². The molecule has 7 heteroatoms. The summed E-state index contributed by atoms with van der Waals surface area (Å²) in [6.07, 6.45) is 1.56. The van der Waals surface area contributed by atoms with E-state index in [2.05, 4.69) is 21.2 Å². The average molecular weight is 371 g/mol. The third-order valence-corrected chi connectivity index (χ3v) is 3.73. The lowest BCUT2D eigenvalue weighted by atomic mass is 10.1. The zero-order valence-electron chi connectivity index (χ0n) is 11.6. The maximum absolute atomic E-state index is 12.1. The number of thiocarbonyl (C=S) groups is 1. The number of nitrogens with one attached hydrogen (secondary N) is 1. The van der Waals surface area contributed by atoms with Crippen LogP contribution in [0.4, 0.5) is 0 Å². The number of hydrogen-bond donors (Lipinski definition) is 2. The highest BCUT2D eigenvalue weighted by Gasteiger charge is 2.29. The molecule has 0 atom stereocenters. The van der Waals surface area contributed by atoms with Crippen molar-refractivity contribution >= 4 is 45.2 Å². The number of carbonyl (C=O) groups is 1. The molecule has 0 unspecified atom stereocenters. The van der Waals surface area contributed by atoms with E-state index in [1.54, 1.807) is 18.2 Å². The SMILES string of the molecule is CCOc1cc(Br)cc(/C=C2\NC(=S)N(CC)C2=O)c1O. The fourth-order valence-electron chi connectivity index (χ4n) is 1.98. The number of phenolic OH excluding ortho intramolecular Hbond substituents is 1. The zero-order chi connectivity index (χ0) is 15.6. The smallest absolute Gasteiger partial charge is 0.276 e. The number of benzene rings is 1. The Labute approximate surface area is 136 Å². The Balaban J connectivity index is 2.42. The summed E-state index contributed by atoms with van der Waals surface area (Å²) in [6, 6.07) is 3.38. The van der Waals surface area contributed by atoms with Gasteiger partial charge in [-0.3, -0.25) is 9.69 Å². The highest BCUT2D eigenvalue weighted by molar-refractivity contribution is 9.10. The molecule has 0 bridgehead atoms. The van der Waals surface area contributed by atoms with Crippen molar-refractivity contribution in [1.29, 1.82) is 0 Å². The predicted molar refractivity (Wildman–Crippen MR) is 88.1 cm³/mol. The summed E-state index contributed by atoms with van der Waals surface area (Å²) in [7, 11) is 0. The minimum atomic E-state index is -0.208. The van der Waals surface area contributed by atoms with E-state index < -0.39 is 0 Å². The Morgan fingerprint density at radius 2 is 2.19 bits per heavy atom. The van der Waals surface area contributed by atoms with E-state index in [-0.39, 0.29) is 11.7 Å². The molecule has 1 aliphatic heterocycles. The van der Waals surface area contributed by atoms with Gasteiger partial charge >= 0.3 is 0 Å². The van der Waals surface area contributed by atoms with Crippen LogP contribution in [0.1, 0.15) is 19.4 Å². The highest BCUT2D eigenvalue weighted by atomic mass is 79.9. The number of likely N-dealkylation sites (N-methyl/N-ethyl adjacent to an activating group) is 1. The van der Waals surface area contributed by atoms with Gasteiger partial charge in [-0.1, -0.05) is 15.9 Å². The summed E-state index contributed by atoms with van der Waals surface area (Å²) in [6.45, 7) is 4.61. The first-order valence-corrected chi connectivity index (χ1v) is 7.67. The van der Waals surface area contributed by atoms with Crippen LogP contribution in [-0.4, -0.2) is 34.2 Å². The topological polar surface area (TPSA) is 61.8 Å². The summed E-state index contributed by atoms with van der Waals surface area (Å²) >= 11 is 8.45. The minimum Gasteiger partial charge on any atom is -0.504 e. The van der Waals surface area contributed by atoms with Gasteiger partial charge in [0, 0.05) is 16.6 Å². The monoisotopic (exact) mass is 370 g/mol. The molecule has 2 N–H and O–H groups in total. The lowest BCUT2D eigenvalue weighted by Gasteiger charge is -2.10. The normalized spacial score (nSPS) is 16.5. The molecule has 0 saturated carbocycles. The van der Waals surface area contributed by atoms with Crippen LogP contribution in [-0.2, 0) is 4.79 Å². The van der Waals surface area contributed by atoms with Crippen molar-refractivity contribution in [2.24, 2.45) is 0 Å². The molecule has 0 radical (unpaired) electrons. The van der Waals surface area contributed by atoms with Crippen molar-refractivity contribution in [2.75, 3.05) is 13.2 Å². The number of phenols is 1. The Hall–Kier alpha value is -1.60. The van der Waals surface area contributed by atoms with Crippen LogP contribution in [0.25, 0.3) is 6.08 Å². The van der Waals surface area contributed by atoms with Gasteiger partial charge in [0.2, 0.25) is 0 Å². The second-order valence-corrected chi connectivity index (χ2v) is 5.61. The summed E-state index contributed by atoms with van der Waals surface area (Å²) in [5.41, 5.74) is 0.808. The molecule has 2 rings (SSSR count). The van der Waals surface area contributed by atoms with Crippen molar-refractivity contribution in [3.8, 4) is 11.5 Å². The van der Waals surface area contributed by atoms with Crippen LogP contribution in [0.5, 0.6) is 11.5 Å². The quantitative estimate of drug-likeness (QED) is 0.630. The third-order valence-electron chi connectivity index (χ3n) is 2.95. The first-order chi connectivity index (χ1) is 9.97. The molecule has 0 spiro atoms. The number of carbonyl (C=O) groups excluding carboxylic acids is 1. The van der Waals surface area contributed by atoms with Crippen molar-refractivity contribution in [3.63, 3.8) is 0 Å². The lowest BCUT2D eigenvalue weighted by Crippen LogP contribution is -2.30. The molecule has 1 fully saturated rings. The van der Waals surface area contributed by atoms with Crippen LogP contribution in [0.15, 0.2) is 22.3 Å². The fourth-order valence-corrected chi connectivity index (χ4v) is 2.76. The van der Waals surface area contributed by atoms with E-state index >= 15 is 0 Å². The molecule has 1 aliphatic rings. The molecule has 1 heterocycles. The number of nitrogens with zero attached hydrogens (tertiary/aromatic N) is 1. The van der Waals surface area contributed by atoms with Crippen LogP contribution < -0.4 is 10.1 Å². The van der Waals surface area contributed by atoms with Gasteiger partial charge in [-0.05, 0) is 44.3 Å². The van der Waals surface area contributed by atoms with Gasteiger partial charge in [-0.25, -0.2) is 0 Å². The second kappa shape index (κ2) is 6.44. The molecule has 21 heavy (non-hydrogen) atoms. The van der Waals surface area contributed by atoms with Crippen molar-refractivity contribution in [3.05, 3.63) is 27.9 Å². The highest BCUT2D eigenvalue weighted by Crippen LogP contribution is 2.35. The molecule has 0 aliphatic carbocycles. The van der Waals surface area contributed by atoms with Crippen molar-refractivity contribution in [2.45, 2.75) is 13.8 Å². The van der Waals surface area contributed by atoms with Gasteiger partial charge in [0.25, 0.3) is 5.91 Å². The van der Waals surface area contributed by atoms with Crippen molar-refractivity contribution < 1.29 is 14.6 Å². The standard InChI is InChI=1S/C14H15BrN2O3S/c1-3-17-13(19)10(16-14(17)21)6-8-5-9(15)7-11(12(8)18)20-4-2/h5-7,18H,3-4H2,1-2H3,(H,16,21)/b10-6-. The minimum absolute atomic E-state index is 0.0111. The summed E-state index contributed by atoms with van der Waals surface area (Å²) in [5, 5.41) is 13.4. The Kier molecular flexibility index (Phi) is 4.84. The van der Waals surface area contributed by atoms with E-state index in [1.165, 1.54) is 4.90 Å². The van der Waals surface area contributed by atoms with Crippen LogP contribution >= 0.6 is 28.1 Å². The molecule has 1 aromatic carbocycles. The third kappa shape index (κ3) is 3.19. The van der Waals surface area contributed by atoms with Gasteiger partial charge in [0.15, 0.2) is 16.6 Å². The van der Waals surface area contributed by atoms with Gasteiger partial charge in [0.1, 0.15) is 5.70 Å². The largest absolute Gasteiger partial charge is 0.504 e. The maximum atomic E-state index is 12.1. The predicted octanol–water partition coefficient (Wildman–Crippen LogP) is 2.63. The van der Waals surface area contributed by atoms with Gasteiger partial charge in [-0.2, -0.15) is 0 Å². The summed E-state index contributed by atoms with van der Waals surface area (Å²) in [5.74, 6) is 0.141. The first-order valence-electron chi connectivity index (χ1n) is 6.47. The maximum Gasteiger partial charge on any atom is 0.276 e. The molecule has 1 aromatic rings. The van der Waals surface area contributed by atoms with E-state index in [0.717, 1.165) is 4.47 Å². The average Bonchev–Trinajstić information content (AvgIpc) is 2.69. The van der Waals surface area contributed by atoms with E-state index in [1.807, 2.05) is 13.8 Å². The van der Waals surface area contributed by atoms with Gasteiger partial charge in [-0.15, -0.1) is 0 Å². The molecular formula is C14H15BrN2O3S. The number of amides is 1. The Morgan fingerprint density at radius 1 is 1.48 bits per heavy atom. The summed E-state index contributed by atoms with van der Waals surface area (Å²) in [4.78, 5) is 13.6. The van der Waals surface area contributed by atoms with E-state index in [0.29, 0.717) is 35.3 Å². The molecular weight excluding hydrogens is 356 g/mol.